The SMILES string of the molecule is CC1(C)c2ccccc2-c2cc(-c3ccc4c(c3)c3ccccc3n4-c3ccc4c(c3)-c3cc(-n5c6ccccc6c6cc(-c7ccc8c(c7)-c7cc(-c9ccc%10oc%11ccccc%11c%10c9)ccc7C8(C)C)ccc65)ccc3C4(C)Cc3ccc(-n4c5ccc(-c6cccc(-c7ccc8c(c7)c7ccccc7n8-c7ccccc7)c6)cc5c5cc(-c6ccc7oc8ccccc8c7c6)ccc54)cc3)ccc21. The lowest BCUT2D eigenvalue weighted by Crippen LogP contribution is -2.24. The second kappa shape index (κ2) is 29.5. The summed E-state index contributed by atoms with van der Waals surface area (Å²) in [5, 5.41) is 14.2. The Morgan fingerprint density at radius 2 is 0.447 bits per heavy atom. The molecule has 0 aliphatic heterocycles. The maximum absolute atomic E-state index is 6.40. The largest absolute Gasteiger partial charge is 0.456 e. The number of fused-ring (bicyclic) bond motifs is 27. The molecule has 1 unspecified atom stereocenters. The smallest absolute Gasteiger partial charge is 0.135 e. The zero-order chi connectivity index (χ0) is 93.1. The van der Waals surface area contributed by atoms with Gasteiger partial charge in [-0.05, 0) is 334 Å². The number of hydrogen-bond acceptors (Lipinski definition) is 2. The number of furan rings is 2. The summed E-state index contributed by atoms with van der Waals surface area (Å²) in [5.41, 5.74) is 48.0. The van der Waals surface area contributed by atoms with Crippen LogP contribution in [0, 0.1) is 0 Å². The molecule has 0 amide bonds. The summed E-state index contributed by atoms with van der Waals surface area (Å²) in [4.78, 5) is 0. The summed E-state index contributed by atoms with van der Waals surface area (Å²) >= 11 is 0. The van der Waals surface area contributed by atoms with Crippen LogP contribution in [-0.4, -0.2) is 18.3 Å². The molecule has 3 aliphatic rings. The predicted octanol–water partition coefficient (Wildman–Crippen LogP) is 36.0. The van der Waals surface area contributed by atoms with Crippen LogP contribution in [0.4, 0.5) is 0 Å². The lowest BCUT2D eigenvalue weighted by molar-refractivity contribution is 0.583. The molecular formula is C135H90N4O2. The van der Waals surface area contributed by atoms with Gasteiger partial charge in [0.2, 0.25) is 0 Å². The van der Waals surface area contributed by atoms with E-state index in [1.54, 1.807) is 0 Å². The Kier molecular flexibility index (Phi) is 16.6. The first kappa shape index (κ1) is 79.6. The van der Waals surface area contributed by atoms with Crippen molar-refractivity contribution in [3.8, 4) is 123 Å². The second-order valence-electron chi connectivity index (χ2n) is 40.8. The highest BCUT2D eigenvalue weighted by Crippen LogP contribution is 2.57. The molecule has 0 saturated heterocycles. The summed E-state index contributed by atoms with van der Waals surface area (Å²) in [7, 11) is 0. The van der Waals surface area contributed by atoms with Gasteiger partial charge in [-0.25, -0.2) is 0 Å². The molecule has 141 heavy (non-hydrogen) atoms. The number of benzene rings is 21. The molecule has 0 fully saturated rings. The molecule has 662 valence electrons. The first-order valence-corrected chi connectivity index (χ1v) is 49.3. The Morgan fingerprint density at radius 3 is 0.872 bits per heavy atom. The van der Waals surface area contributed by atoms with Crippen LogP contribution < -0.4 is 0 Å². The molecule has 6 nitrogen and oxygen atoms in total. The molecule has 27 aromatic rings. The molecule has 0 spiro atoms. The minimum atomic E-state index is -0.449. The Hall–Kier alpha value is -17.6. The number of rotatable bonds is 12. The van der Waals surface area contributed by atoms with E-state index in [1.165, 1.54) is 188 Å². The van der Waals surface area contributed by atoms with E-state index < -0.39 is 5.41 Å². The molecule has 3 aliphatic carbocycles. The molecule has 6 heteroatoms. The fraction of sp³-hybridized carbons (Fsp3) is 0.0667. The average Bonchev–Trinajstić information content (AvgIpc) is 1.54. The van der Waals surface area contributed by atoms with Crippen molar-refractivity contribution in [2.75, 3.05) is 0 Å². The second-order valence-corrected chi connectivity index (χ2v) is 40.8. The number of aromatic nitrogens is 4. The molecule has 21 aromatic carbocycles. The van der Waals surface area contributed by atoms with Crippen LogP contribution >= 0.6 is 0 Å². The summed E-state index contributed by atoms with van der Waals surface area (Å²) in [6.07, 6.45) is 0.765. The highest BCUT2D eigenvalue weighted by Gasteiger charge is 2.42. The maximum Gasteiger partial charge on any atom is 0.135 e. The van der Waals surface area contributed by atoms with Gasteiger partial charge in [0.05, 0.1) is 44.1 Å². The van der Waals surface area contributed by atoms with Gasteiger partial charge in [0.1, 0.15) is 22.3 Å². The summed E-state index contributed by atoms with van der Waals surface area (Å²) in [5.74, 6) is 0. The van der Waals surface area contributed by atoms with E-state index in [2.05, 4.69) is 484 Å². The van der Waals surface area contributed by atoms with Gasteiger partial charge in [0, 0.05) is 104 Å². The first-order valence-electron chi connectivity index (χ1n) is 49.3. The monoisotopic (exact) mass is 1800 g/mol. The summed E-state index contributed by atoms with van der Waals surface area (Å²) in [6.45, 7) is 12.0. The standard InChI is InChI=1S/C135H90N4O2/c1-133(2)115-32-15-9-26-97(115)103-67-83(40-54-116(103)133)88-45-60-125-109(71-88)99-28-11-17-34-122(99)138(125)95-52-57-119-106(77-95)107-78-96(139-123-35-18-12-29-100(123)110-72-89(46-61-126(110)139)84-41-55-117-104(68-84)105-69-85(42-56-118(105)134(117,3)4)91-48-64-131-113(75-91)101-30-13-19-36-129(101)140-131)53-58-120(107)135(119,5)79-80-38-50-94(51-39-80)137-127-62-44-87(73-111(127)112-74-90(47-63-128(112)137)92-49-65-132-114(76-92)102-31-14-20-37-130(102)141-132)82-23-21-22-81(66-82)86-43-59-124-108(70-86)98-27-10-16-33-121(98)136(124)93-24-7-6-8-25-93/h6-78H,79H2,1-5H3. The number of nitrogens with zero attached hydrogens (tertiary/aromatic N) is 4. The molecule has 0 radical (unpaired) electrons. The first-order chi connectivity index (χ1) is 69.2. The van der Waals surface area contributed by atoms with Crippen molar-refractivity contribution in [3.05, 3.63) is 482 Å². The quantitative estimate of drug-likeness (QED) is 0.122. The fourth-order valence-corrected chi connectivity index (χ4v) is 25.5. The van der Waals surface area contributed by atoms with E-state index in [-0.39, 0.29) is 10.8 Å². The van der Waals surface area contributed by atoms with Crippen LogP contribution in [0.2, 0.25) is 0 Å². The van der Waals surface area contributed by atoms with Crippen molar-refractivity contribution in [2.45, 2.75) is 57.3 Å². The normalized spacial score (nSPS) is 14.4. The highest BCUT2D eigenvalue weighted by molar-refractivity contribution is 6.17. The van der Waals surface area contributed by atoms with Gasteiger partial charge in [0.25, 0.3) is 0 Å². The molecular weight excluding hydrogens is 1710 g/mol. The number of para-hydroxylation sites is 6. The zero-order valence-electron chi connectivity index (χ0n) is 78.5. The van der Waals surface area contributed by atoms with Crippen molar-refractivity contribution >= 4 is 131 Å². The third kappa shape index (κ3) is 11.7. The van der Waals surface area contributed by atoms with Gasteiger partial charge in [-0.3, -0.25) is 0 Å². The van der Waals surface area contributed by atoms with Crippen molar-refractivity contribution in [1.82, 2.24) is 18.3 Å². The summed E-state index contributed by atoms with van der Waals surface area (Å²) in [6, 6.07) is 167. The Bertz CT molecular complexity index is 10100. The third-order valence-electron chi connectivity index (χ3n) is 32.4. The van der Waals surface area contributed by atoms with E-state index in [1.807, 2.05) is 12.1 Å². The molecule has 1 atom stereocenters. The van der Waals surface area contributed by atoms with Crippen LogP contribution in [0.5, 0.6) is 0 Å². The third-order valence-corrected chi connectivity index (χ3v) is 32.4. The van der Waals surface area contributed by atoms with Gasteiger partial charge in [-0.1, -0.05) is 289 Å². The maximum atomic E-state index is 6.40. The van der Waals surface area contributed by atoms with E-state index in [0.29, 0.717) is 0 Å². The predicted molar refractivity (Wildman–Crippen MR) is 588 cm³/mol. The van der Waals surface area contributed by atoms with Crippen LogP contribution in [0.1, 0.15) is 73.6 Å². The van der Waals surface area contributed by atoms with Crippen molar-refractivity contribution < 1.29 is 8.83 Å². The highest BCUT2D eigenvalue weighted by atomic mass is 16.3. The van der Waals surface area contributed by atoms with Crippen LogP contribution in [-0.2, 0) is 22.7 Å². The van der Waals surface area contributed by atoms with Crippen LogP contribution in [0.25, 0.3) is 254 Å². The van der Waals surface area contributed by atoms with Gasteiger partial charge in [-0.15, -0.1) is 0 Å². The molecule has 0 bridgehead atoms. The van der Waals surface area contributed by atoms with Gasteiger partial charge >= 0.3 is 0 Å². The Balaban J connectivity index is 0.539. The topological polar surface area (TPSA) is 46.0 Å². The minimum Gasteiger partial charge on any atom is -0.456 e. The number of hydrogen-bond donors (Lipinski definition) is 0. The van der Waals surface area contributed by atoms with Crippen LogP contribution in [0.3, 0.4) is 0 Å². The molecule has 0 N–H and O–H groups in total. The summed E-state index contributed by atoms with van der Waals surface area (Å²) < 4.78 is 22.6. The van der Waals surface area contributed by atoms with Crippen LogP contribution in [0.15, 0.2) is 452 Å². The minimum absolute atomic E-state index is 0.0736. The van der Waals surface area contributed by atoms with E-state index in [0.717, 1.165) is 112 Å². The van der Waals surface area contributed by atoms with Gasteiger partial charge in [-0.2, -0.15) is 0 Å². The molecule has 0 saturated carbocycles. The lowest BCUT2D eigenvalue weighted by Gasteiger charge is -2.28. The van der Waals surface area contributed by atoms with Crippen molar-refractivity contribution in [3.63, 3.8) is 0 Å². The van der Waals surface area contributed by atoms with Gasteiger partial charge < -0.3 is 27.1 Å². The Morgan fingerprint density at radius 1 is 0.170 bits per heavy atom. The Labute approximate surface area is 814 Å². The molecule has 6 aromatic heterocycles. The molecule has 6 heterocycles. The van der Waals surface area contributed by atoms with Gasteiger partial charge in [0.15, 0.2) is 0 Å². The average molecular weight is 1800 g/mol. The van der Waals surface area contributed by atoms with E-state index >= 15 is 0 Å². The van der Waals surface area contributed by atoms with Crippen molar-refractivity contribution in [2.24, 2.45) is 0 Å². The fourth-order valence-electron chi connectivity index (χ4n) is 25.5. The van der Waals surface area contributed by atoms with E-state index in [9.17, 15) is 0 Å². The molecule has 30 rings (SSSR count). The van der Waals surface area contributed by atoms with E-state index in [4.69, 9.17) is 8.83 Å². The zero-order valence-corrected chi connectivity index (χ0v) is 78.5. The lowest BCUT2D eigenvalue weighted by atomic mass is 9.75. The van der Waals surface area contributed by atoms with Crippen molar-refractivity contribution in [1.29, 1.82) is 0 Å².